The molecule has 0 saturated carbocycles. The molecule has 9 nitrogen and oxygen atoms in total. The summed E-state index contributed by atoms with van der Waals surface area (Å²) in [5, 5.41) is 0. The summed E-state index contributed by atoms with van der Waals surface area (Å²) < 4.78 is 33.7. The van der Waals surface area contributed by atoms with Gasteiger partial charge in [0.2, 0.25) is 0 Å². The number of unbranched alkanes of at least 4 members (excludes halogenated alkanes) is 10. The summed E-state index contributed by atoms with van der Waals surface area (Å²) in [5.41, 5.74) is 0. The lowest BCUT2D eigenvalue weighted by Crippen LogP contribution is -2.37. The maximum Gasteiger partial charge on any atom is 0.306 e. The maximum atomic E-state index is 12.6. The molecule has 2 atom stereocenters. The second-order valence-electron chi connectivity index (χ2n) is 14.6. The molecule has 0 N–H and O–H groups in total. The molecule has 0 aliphatic carbocycles. The highest BCUT2D eigenvalue weighted by atomic mass is 31.2. The molecule has 0 heterocycles. The molecule has 0 aliphatic rings. The van der Waals surface area contributed by atoms with E-state index in [2.05, 4.69) is 74.6 Å². The van der Waals surface area contributed by atoms with Crippen LogP contribution in [0.15, 0.2) is 72.9 Å². The van der Waals surface area contributed by atoms with Crippen LogP contribution in [-0.4, -0.2) is 70.0 Å². The Labute approximate surface area is 329 Å². The van der Waals surface area contributed by atoms with Crippen molar-refractivity contribution in [3.05, 3.63) is 72.9 Å². The van der Waals surface area contributed by atoms with Crippen LogP contribution in [-0.2, 0) is 32.7 Å². The first-order valence-corrected chi connectivity index (χ1v) is 22.1. The maximum absolute atomic E-state index is 12.6. The summed E-state index contributed by atoms with van der Waals surface area (Å²) in [6, 6.07) is 0. The lowest BCUT2D eigenvalue weighted by Gasteiger charge is -2.28. The number of phosphoric ester groups is 1. The van der Waals surface area contributed by atoms with Crippen LogP contribution in [0.4, 0.5) is 0 Å². The predicted octanol–water partition coefficient (Wildman–Crippen LogP) is 10.8. The van der Waals surface area contributed by atoms with Crippen molar-refractivity contribution < 1.29 is 42.1 Å². The molecule has 0 radical (unpaired) electrons. The van der Waals surface area contributed by atoms with Gasteiger partial charge in [-0.25, -0.2) is 0 Å². The van der Waals surface area contributed by atoms with E-state index >= 15 is 0 Å². The predicted molar refractivity (Wildman–Crippen MR) is 222 cm³/mol. The highest BCUT2D eigenvalue weighted by molar-refractivity contribution is 7.45. The summed E-state index contributed by atoms with van der Waals surface area (Å²) in [5.74, 6) is -0.939. The zero-order valence-electron chi connectivity index (χ0n) is 34.6. The first kappa shape index (κ1) is 51.5. The number of carbonyl (C=O) groups excluding carboxylic acids is 2. The molecule has 0 saturated heterocycles. The fraction of sp³-hybridized carbons (Fsp3) is 0.682. The van der Waals surface area contributed by atoms with Crippen LogP contribution < -0.4 is 4.89 Å². The fourth-order valence-electron chi connectivity index (χ4n) is 5.03. The molecular weight excluding hydrogens is 701 g/mol. The minimum atomic E-state index is -4.64. The van der Waals surface area contributed by atoms with Gasteiger partial charge in [0.15, 0.2) is 6.10 Å². The van der Waals surface area contributed by atoms with Crippen molar-refractivity contribution in [3.63, 3.8) is 0 Å². The van der Waals surface area contributed by atoms with Gasteiger partial charge in [-0.05, 0) is 51.4 Å². The minimum absolute atomic E-state index is 0.0445. The Balaban J connectivity index is 4.51. The smallest absolute Gasteiger partial charge is 0.306 e. The normalized spacial score (nSPS) is 14.4. The summed E-state index contributed by atoms with van der Waals surface area (Å²) in [6.07, 6.45) is 43.7. The zero-order valence-corrected chi connectivity index (χ0v) is 35.5. The van der Waals surface area contributed by atoms with Gasteiger partial charge in [-0.2, -0.15) is 0 Å². The summed E-state index contributed by atoms with van der Waals surface area (Å²) >= 11 is 0. The summed E-state index contributed by atoms with van der Waals surface area (Å²) in [4.78, 5) is 37.4. The van der Waals surface area contributed by atoms with Crippen molar-refractivity contribution in [3.8, 4) is 0 Å². The Morgan fingerprint density at radius 2 is 1.06 bits per heavy atom. The molecule has 0 amide bonds. The SMILES string of the molecule is CC/C=C/C/C=C/C/C=C/C/C=C/C/C=C/C/C=C/CCC(=O)OC[C@@H](COP(=O)([O-])OCC[N+](C)(C)C)OC(=O)CCCCCCCCCCCCC. The molecule has 54 heavy (non-hydrogen) atoms. The molecule has 0 fully saturated rings. The van der Waals surface area contributed by atoms with Crippen LogP contribution in [0.25, 0.3) is 0 Å². The van der Waals surface area contributed by atoms with E-state index in [0.29, 0.717) is 23.9 Å². The van der Waals surface area contributed by atoms with Crippen molar-refractivity contribution in [2.75, 3.05) is 47.5 Å². The van der Waals surface area contributed by atoms with Gasteiger partial charge in [0, 0.05) is 12.8 Å². The van der Waals surface area contributed by atoms with Gasteiger partial charge in [-0.1, -0.05) is 151 Å². The van der Waals surface area contributed by atoms with Crippen molar-refractivity contribution in [1.29, 1.82) is 0 Å². The number of hydrogen-bond donors (Lipinski definition) is 0. The lowest BCUT2D eigenvalue weighted by atomic mass is 10.1. The van der Waals surface area contributed by atoms with Crippen LogP contribution in [0.5, 0.6) is 0 Å². The van der Waals surface area contributed by atoms with Crippen molar-refractivity contribution >= 4 is 19.8 Å². The average Bonchev–Trinajstić information content (AvgIpc) is 3.12. The number of likely N-dealkylation sites (N-methyl/N-ethyl adjacent to an activating group) is 1. The average molecular weight is 778 g/mol. The largest absolute Gasteiger partial charge is 0.756 e. The van der Waals surface area contributed by atoms with Crippen molar-refractivity contribution in [2.45, 2.75) is 148 Å². The van der Waals surface area contributed by atoms with E-state index in [1.807, 2.05) is 33.3 Å². The van der Waals surface area contributed by atoms with Crippen LogP contribution in [0, 0.1) is 0 Å². The number of hydrogen-bond acceptors (Lipinski definition) is 8. The molecule has 0 bridgehead atoms. The van der Waals surface area contributed by atoms with E-state index in [1.54, 1.807) is 0 Å². The third kappa shape index (κ3) is 39.2. The zero-order chi connectivity index (χ0) is 40.0. The second kappa shape index (κ2) is 36.1. The van der Waals surface area contributed by atoms with Crippen LogP contribution >= 0.6 is 7.82 Å². The van der Waals surface area contributed by atoms with Gasteiger partial charge in [-0.3, -0.25) is 14.2 Å². The molecule has 0 aromatic heterocycles. The number of quaternary nitrogens is 1. The van der Waals surface area contributed by atoms with Crippen molar-refractivity contribution in [1.82, 2.24) is 0 Å². The number of esters is 2. The van der Waals surface area contributed by atoms with Gasteiger partial charge in [0.05, 0.1) is 27.7 Å². The first-order chi connectivity index (χ1) is 26.0. The highest BCUT2D eigenvalue weighted by Gasteiger charge is 2.21. The van der Waals surface area contributed by atoms with Crippen LogP contribution in [0.2, 0.25) is 0 Å². The number of carbonyl (C=O) groups is 2. The second-order valence-corrected chi connectivity index (χ2v) is 16.0. The molecular formula is C44H76NO8P. The molecule has 0 aromatic rings. The third-order valence-electron chi connectivity index (χ3n) is 8.25. The quantitative estimate of drug-likeness (QED) is 0.0203. The molecule has 0 aliphatic heterocycles. The number of nitrogens with zero attached hydrogens (tertiary/aromatic N) is 1. The van der Waals surface area contributed by atoms with E-state index in [0.717, 1.165) is 57.8 Å². The molecule has 0 aromatic carbocycles. The monoisotopic (exact) mass is 778 g/mol. The summed E-state index contributed by atoms with van der Waals surface area (Å²) in [6.45, 7) is 3.99. The highest BCUT2D eigenvalue weighted by Crippen LogP contribution is 2.38. The third-order valence-corrected chi connectivity index (χ3v) is 9.22. The Bertz CT molecular complexity index is 1150. The van der Waals surface area contributed by atoms with Gasteiger partial charge >= 0.3 is 11.9 Å². The van der Waals surface area contributed by atoms with Gasteiger partial charge in [-0.15, -0.1) is 0 Å². The number of phosphoric acid groups is 1. The van der Waals surface area contributed by atoms with Crippen LogP contribution in [0.1, 0.15) is 142 Å². The van der Waals surface area contributed by atoms with Gasteiger partial charge < -0.3 is 27.9 Å². The standard InChI is InChI=1S/C44H76NO8P/c1-6-8-10-12-14-16-18-19-20-21-22-23-24-25-27-28-30-32-34-36-43(46)50-40-42(41-52-54(48,49)51-39-38-45(3,4)5)53-44(47)37-35-33-31-29-26-17-15-13-11-9-7-2/h8,10,14,16,19-20,22-23,25,27,30,32,42H,6-7,9,11-13,15,17-18,21,24,26,28-29,31,33-41H2,1-5H3/b10-8+,16-14+,20-19+,23-22+,27-25+,32-30+/t42-/m0/s1. The number of allylic oxidation sites excluding steroid dienone is 12. The first-order valence-electron chi connectivity index (χ1n) is 20.6. The van der Waals surface area contributed by atoms with E-state index in [4.69, 9.17) is 18.5 Å². The van der Waals surface area contributed by atoms with E-state index in [9.17, 15) is 19.0 Å². The molecule has 1 unspecified atom stereocenters. The Morgan fingerprint density at radius 1 is 0.593 bits per heavy atom. The minimum Gasteiger partial charge on any atom is -0.756 e. The Morgan fingerprint density at radius 3 is 1.54 bits per heavy atom. The molecule has 10 heteroatoms. The van der Waals surface area contributed by atoms with E-state index < -0.39 is 32.5 Å². The Hall–Kier alpha value is -2.55. The Kier molecular flexibility index (Phi) is 34.4. The van der Waals surface area contributed by atoms with Gasteiger partial charge in [0.1, 0.15) is 19.8 Å². The van der Waals surface area contributed by atoms with Crippen LogP contribution in [0.3, 0.4) is 0 Å². The van der Waals surface area contributed by atoms with Gasteiger partial charge in [0.25, 0.3) is 7.82 Å². The number of rotatable bonds is 36. The van der Waals surface area contributed by atoms with E-state index in [-0.39, 0.29) is 26.1 Å². The van der Waals surface area contributed by atoms with E-state index in [1.165, 1.54) is 44.9 Å². The molecule has 0 spiro atoms. The number of ether oxygens (including phenoxy) is 2. The summed E-state index contributed by atoms with van der Waals surface area (Å²) in [7, 11) is 1.12. The lowest BCUT2D eigenvalue weighted by molar-refractivity contribution is -0.870. The molecule has 310 valence electrons. The van der Waals surface area contributed by atoms with Crippen molar-refractivity contribution in [2.24, 2.45) is 0 Å². The topological polar surface area (TPSA) is 111 Å². The fourth-order valence-corrected chi connectivity index (χ4v) is 5.76. The molecule has 0 rings (SSSR count).